The molecule has 0 atom stereocenters. The largest absolute Gasteiger partial charge is 0.416 e. The molecule has 2 aromatic carbocycles. The Balaban J connectivity index is 2.10. The summed E-state index contributed by atoms with van der Waals surface area (Å²) >= 11 is 18.8. The molecule has 0 saturated carbocycles. The topological polar surface area (TPSA) is 41.1 Å². The highest BCUT2D eigenvalue weighted by Crippen LogP contribution is 2.33. The third-order valence-electron chi connectivity index (χ3n) is 2.94. The number of halogens is 6. The number of amides is 1. The van der Waals surface area contributed by atoms with Gasteiger partial charge in [-0.05, 0) is 71.2 Å². The lowest BCUT2D eigenvalue weighted by molar-refractivity contribution is -0.137. The monoisotopic (exact) mass is 518 g/mol. The van der Waals surface area contributed by atoms with Crippen LogP contribution in [0.25, 0.3) is 0 Å². The van der Waals surface area contributed by atoms with Gasteiger partial charge < -0.3 is 5.32 Å². The first-order valence-corrected chi connectivity index (χ1v) is 8.76. The number of carbonyl (C=O) groups is 1. The Morgan fingerprint density at radius 2 is 1.76 bits per heavy atom. The Labute approximate surface area is 170 Å². The van der Waals surface area contributed by atoms with E-state index in [0.29, 0.717) is 0 Å². The average Bonchev–Trinajstić information content (AvgIpc) is 2.50. The average molecular weight is 519 g/mol. The van der Waals surface area contributed by atoms with Gasteiger partial charge in [0.15, 0.2) is 5.11 Å². The number of hydrogen-bond acceptors (Lipinski definition) is 2. The lowest BCUT2D eigenvalue weighted by Gasteiger charge is -2.13. The normalized spacial score (nSPS) is 11.1. The van der Waals surface area contributed by atoms with Crippen LogP contribution in [0, 0.1) is 3.57 Å². The minimum atomic E-state index is -4.50. The third-order valence-corrected chi connectivity index (χ3v) is 4.46. The van der Waals surface area contributed by atoms with Crippen LogP contribution >= 0.6 is 58.0 Å². The van der Waals surface area contributed by atoms with Crippen LogP contribution < -0.4 is 10.6 Å². The lowest BCUT2D eigenvalue weighted by atomic mass is 10.2. The van der Waals surface area contributed by atoms with Gasteiger partial charge in [0.05, 0.1) is 26.9 Å². The molecule has 0 heterocycles. The van der Waals surface area contributed by atoms with Crippen molar-refractivity contribution in [2.24, 2.45) is 0 Å². The van der Waals surface area contributed by atoms with E-state index in [0.717, 1.165) is 21.8 Å². The van der Waals surface area contributed by atoms with E-state index in [1.807, 2.05) is 22.6 Å². The molecule has 3 nitrogen and oxygen atoms in total. The molecule has 0 spiro atoms. The van der Waals surface area contributed by atoms with Crippen LogP contribution in [0.15, 0.2) is 36.4 Å². The van der Waals surface area contributed by atoms with Gasteiger partial charge in [-0.2, -0.15) is 13.2 Å². The molecule has 0 aromatic heterocycles. The summed E-state index contributed by atoms with van der Waals surface area (Å²) in [5, 5.41) is 4.91. The number of hydrogen-bond donors (Lipinski definition) is 2. The molecule has 25 heavy (non-hydrogen) atoms. The predicted molar refractivity (Wildman–Crippen MR) is 104 cm³/mol. The predicted octanol–water partition coefficient (Wildman–Crippen LogP) is 5.74. The summed E-state index contributed by atoms with van der Waals surface area (Å²) in [6, 6.07) is 7.63. The second-order valence-corrected chi connectivity index (χ2v) is 7.19. The molecule has 2 rings (SSSR count). The van der Waals surface area contributed by atoms with Crippen molar-refractivity contribution >= 4 is 74.7 Å². The fourth-order valence-corrected chi connectivity index (χ4v) is 2.91. The van der Waals surface area contributed by atoms with E-state index < -0.39 is 17.6 Å². The fourth-order valence-electron chi connectivity index (χ4n) is 1.79. The molecule has 0 aliphatic heterocycles. The van der Waals surface area contributed by atoms with Gasteiger partial charge in [0.25, 0.3) is 5.91 Å². The molecule has 0 saturated heterocycles. The zero-order chi connectivity index (χ0) is 18.8. The van der Waals surface area contributed by atoms with Gasteiger partial charge in [-0.1, -0.05) is 23.2 Å². The second-order valence-electron chi connectivity index (χ2n) is 4.72. The van der Waals surface area contributed by atoms with Gasteiger partial charge in [-0.25, -0.2) is 0 Å². The molecule has 2 aromatic rings. The summed E-state index contributed by atoms with van der Waals surface area (Å²) in [7, 11) is 0. The van der Waals surface area contributed by atoms with Crippen molar-refractivity contribution in [1.29, 1.82) is 0 Å². The second kappa shape index (κ2) is 8.07. The molecular weight excluding hydrogens is 511 g/mol. The first-order chi connectivity index (χ1) is 11.6. The van der Waals surface area contributed by atoms with E-state index in [2.05, 4.69) is 10.6 Å². The molecule has 0 aliphatic rings. The summed E-state index contributed by atoms with van der Waals surface area (Å²) in [5.74, 6) is -0.552. The maximum Gasteiger partial charge on any atom is 0.416 e. The molecule has 0 fully saturated rings. The smallest absolute Gasteiger partial charge is 0.331 e. The summed E-state index contributed by atoms with van der Waals surface area (Å²) < 4.78 is 38.7. The number of alkyl halides is 3. The van der Waals surface area contributed by atoms with Crippen molar-refractivity contribution < 1.29 is 18.0 Å². The summed E-state index contributed by atoms with van der Waals surface area (Å²) in [5.41, 5.74) is -0.534. The number of nitrogens with one attached hydrogen (secondary N) is 2. The van der Waals surface area contributed by atoms with Crippen molar-refractivity contribution in [2.45, 2.75) is 6.18 Å². The Morgan fingerprint density at radius 1 is 1.08 bits per heavy atom. The van der Waals surface area contributed by atoms with Gasteiger partial charge in [0.1, 0.15) is 0 Å². The molecule has 132 valence electrons. The number of benzene rings is 2. The fraction of sp³-hybridized carbons (Fsp3) is 0.0667. The van der Waals surface area contributed by atoms with Crippen molar-refractivity contribution in [1.82, 2.24) is 5.32 Å². The zero-order valence-electron chi connectivity index (χ0n) is 12.0. The minimum Gasteiger partial charge on any atom is -0.331 e. The highest BCUT2D eigenvalue weighted by atomic mass is 127. The highest BCUT2D eigenvalue weighted by molar-refractivity contribution is 14.1. The SMILES string of the molecule is O=C(NC(=S)Nc1ccc(C(F)(F)F)cc1Cl)c1cc(I)ccc1Cl. The van der Waals surface area contributed by atoms with Crippen molar-refractivity contribution in [3.63, 3.8) is 0 Å². The van der Waals surface area contributed by atoms with E-state index in [4.69, 9.17) is 35.4 Å². The summed E-state index contributed by atoms with van der Waals surface area (Å²) in [6.07, 6.45) is -4.50. The lowest BCUT2D eigenvalue weighted by Crippen LogP contribution is -2.34. The molecular formula is C15H8Cl2F3IN2OS. The van der Waals surface area contributed by atoms with Crippen LogP contribution in [0.1, 0.15) is 15.9 Å². The molecule has 2 N–H and O–H groups in total. The van der Waals surface area contributed by atoms with Gasteiger partial charge in [-0.15, -0.1) is 0 Å². The minimum absolute atomic E-state index is 0.124. The standard InChI is InChI=1S/C15H8Cl2F3IN2OS/c16-10-3-2-8(21)6-9(10)13(24)23-14(25)22-12-4-1-7(5-11(12)17)15(18,19)20/h1-6H,(H2,22,23,24,25). The van der Waals surface area contributed by atoms with Gasteiger partial charge >= 0.3 is 6.18 Å². The van der Waals surface area contributed by atoms with E-state index in [9.17, 15) is 18.0 Å². The number of thiocarbonyl (C=S) groups is 1. The molecule has 0 unspecified atom stereocenters. The van der Waals surface area contributed by atoms with Crippen molar-refractivity contribution in [2.75, 3.05) is 5.32 Å². The van der Waals surface area contributed by atoms with Crippen LogP contribution in [-0.2, 0) is 6.18 Å². The highest BCUT2D eigenvalue weighted by Gasteiger charge is 2.30. The molecule has 0 bridgehead atoms. The number of carbonyl (C=O) groups excluding carboxylic acids is 1. The quantitative estimate of drug-likeness (QED) is 0.393. The van der Waals surface area contributed by atoms with Gasteiger partial charge in [-0.3, -0.25) is 10.1 Å². The molecule has 1 amide bonds. The molecule has 0 radical (unpaired) electrons. The van der Waals surface area contributed by atoms with Gasteiger partial charge in [0.2, 0.25) is 0 Å². The van der Waals surface area contributed by atoms with E-state index in [-0.39, 0.29) is 26.4 Å². The maximum absolute atomic E-state index is 12.6. The Hall–Kier alpha value is -1.10. The van der Waals surface area contributed by atoms with Crippen molar-refractivity contribution in [3.8, 4) is 0 Å². The summed E-state index contributed by atoms with van der Waals surface area (Å²) in [4.78, 5) is 12.2. The van der Waals surface area contributed by atoms with Crippen LogP contribution in [0.5, 0.6) is 0 Å². The molecule has 0 aliphatic carbocycles. The Kier molecular flexibility index (Phi) is 6.52. The van der Waals surface area contributed by atoms with Gasteiger partial charge in [0, 0.05) is 3.57 Å². The summed E-state index contributed by atoms with van der Waals surface area (Å²) in [6.45, 7) is 0. The Bertz CT molecular complexity index is 846. The van der Waals surface area contributed by atoms with E-state index in [1.165, 1.54) is 0 Å². The molecule has 10 heteroatoms. The maximum atomic E-state index is 12.6. The number of rotatable bonds is 2. The third kappa shape index (κ3) is 5.44. The van der Waals surface area contributed by atoms with Crippen molar-refractivity contribution in [3.05, 3.63) is 61.1 Å². The zero-order valence-corrected chi connectivity index (χ0v) is 16.5. The van der Waals surface area contributed by atoms with E-state index in [1.54, 1.807) is 18.2 Å². The first-order valence-electron chi connectivity index (χ1n) is 6.52. The Morgan fingerprint density at radius 3 is 2.36 bits per heavy atom. The van der Waals surface area contributed by atoms with E-state index >= 15 is 0 Å². The van der Waals surface area contributed by atoms with Crippen LogP contribution in [0.3, 0.4) is 0 Å². The number of anilines is 1. The van der Waals surface area contributed by atoms with Crippen LogP contribution in [0.2, 0.25) is 10.0 Å². The van der Waals surface area contributed by atoms with Crippen LogP contribution in [-0.4, -0.2) is 11.0 Å². The first kappa shape index (κ1) is 20.2. The van der Waals surface area contributed by atoms with Crippen LogP contribution in [0.4, 0.5) is 18.9 Å².